The Morgan fingerprint density at radius 2 is 1.35 bits per heavy atom. The first-order valence-corrected chi connectivity index (χ1v) is 13.9. The third-order valence-electron chi connectivity index (χ3n) is 13.1. The minimum Gasteiger partial charge on any atom is -0.396 e. The number of hydrogen-bond acceptors (Lipinski definition) is 1. The van der Waals surface area contributed by atoms with Crippen molar-refractivity contribution in [3.8, 4) is 0 Å². The molecule has 4 fully saturated rings. The van der Waals surface area contributed by atoms with E-state index >= 15 is 0 Å². The summed E-state index contributed by atoms with van der Waals surface area (Å²) in [5.41, 5.74) is 2.96. The van der Waals surface area contributed by atoms with E-state index in [1.165, 1.54) is 70.6 Å². The van der Waals surface area contributed by atoms with Crippen molar-refractivity contribution in [2.45, 2.75) is 132 Å². The number of fused-ring (bicyclic) bond motifs is 5. The van der Waals surface area contributed by atoms with E-state index in [-0.39, 0.29) is 0 Å². The molecule has 1 heteroatoms. The molecule has 180 valence electrons. The summed E-state index contributed by atoms with van der Waals surface area (Å²) in [5.74, 6) is 2.52. The fourth-order valence-electron chi connectivity index (χ4n) is 10.6. The fraction of sp³-hybridized carbons (Fsp3) is 1.00. The molecule has 0 aliphatic heterocycles. The van der Waals surface area contributed by atoms with Gasteiger partial charge in [0.25, 0.3) is 0 Å². The predicted molar refractivity (Wildman–Crippen MR) is 133 cm³/mol. The molecule has 0 amide bonds. The molecule has 0 saturated heterocycles. The Balaban J connectivity index is 1.74. The quantitative estimate of drug-likeness (QED) is 0.473. The molecule has 0 aromatic heterocycles. The van der Waals surface area contributed by atoms with Crippen LogP contribution in [0.3, 0.4) is 0 Å². The van der Waals surface area contributed by atoms with Gasteiger partial charge in [-0.2, -0.15) is 0 Å². The van der Waals surface area contributed by atoms with Crippen molar-refractivity contribution < 1.29 is 5.11 Å². The van der Waals surface area contributed by atoms with Crippen LogP contribution in [-0.4, -0.2) is 11.7 Å². The minimum absolute atomic E-state index is 0.363. The minimum atomic E-state index is 0.363. The summed E-state index contributed by atoms with van der Waals surface area (Å²) < 4.78 is 0. The molecule has 4 aliphatic rings. The second-order valence-corrected chi connectivity index (χ2v) is 14.9. The second kappa shape index (κ2) is 7.48. The molecule has 4 saturated carbocycles. The fourth-order valence-corrected chi connectivity index (χ4v) is 10.6. The van der Waals surface area contributed by atoms with Gasteiger partial charge in [0, 0.05) is 6.61 Å². The summed E-state index contributed by atoms with van der Waals surface area (Å²) in [6, 6.07) is 0. The van der Waals surface area contributed by atoms with E-state index in [1.807, 2.05) is 0 Å². The molecule has 0 aromatic rings. The summed E-state index contributed by atoms with van der Waals surface area (Å²) in [7, 11) is 0. The van der Waals surface area contributed by atoms with Crippen LogP contribution in [0.2, 0.25) is 0 Å². The van der Waals surface area contributed by atoms with Gasteiger partial charge in [-0.3, -0.25) is 0 Å². The van der Waals surface area contributed by atoms with Crippen LogP contribution in [0.15, 0.2) is 0 Å². The molecule has 0 bridgehead atoms. The third-order valence-corrected chi connectivity index (χ3v) is 13.1. The van der Waals surface area contributed by atoms with Crippen LogP contribution in [0, 0.1) is 50.2 Å². The van der Waals surface area contributed by atoms with Crippen molar-refractivity contribution in [1.29, 1.82) is 0 Å². The van der Waals surface area contributed by atoms with Crippen LogP contribution < -0.4 is 0 Å². The third kappa shape index (κ3) is 3.32. The molecule has 0 spiro atoms. The Morgan fingerprint density at radius 1 is 0.742 bits per heavy atom. The van der Waals surface area contributed by atoms with Crippen molar-refractivity contribution in [2.24, 2.45) is 50.2 Å². The Morgan fingerprint density at radius 3 is 2.00 bits per heavy atom. The number of rotatable bonds is 4. The van der Waals surface area contributed by atoms with Crippen LogP contribution in [-0.2, 0) is 0 Å². The maximum Gasteiger partial charge on any atom is 0.0431 e. The van der Waals surface area contributed by atoms with Gasteiger partial charge < -0.3 is 5.11 Å². The van der Waals surface area contributed by atoms with Crippen molar-refractivity contribution >= 4 is 0 Å². The van der Waals surface area contributed by atoms with Crippen molar-refractivity contribution in [1.82, 2.24) is 0 Å². The normalized spacial score (nSPS) is 53.9. The molecular weight excluding hydrogens is 376 g/mol. The molecule has 1 nitrogen and oxygen atoms in total. The van der Waals surface area contributed by atoms with E-state index in [9.17, 15) is 5.11 Å². The number of hydrogen-bond donors (Lipinski definition) is 1. The molecule has 31 heavy (non-hydrogen) atoms. The Kier molecular flexibility index (Phi) is 5.81. The monoisotopic (exact) mass is 430 g/mol. The van der Waals surface area contributed by atoms with Gasteiger partial charge in [-0.05, 0) is 121 Å². The van der Waals surface area contributed by atoms with Crippen molar-refractivity contribution in [3.05, 3.63) is 0 Å². The molecule has 4 rings (SSSR count). The summed E-state index contributed by atoms with van der Waals surface area (Å²) >= 11 is 0. The number of aliphatic hydroxyl groups excluding tert-OH is 1. The maximum atomic E-state index is 9.71. The molecule has 0 radical (unpaired) electrons. The van der Waals surface area contributed by atoms with Crippen LogP contribution in [0.5, 0.6) is 0 Å². The first kappa shape index (κ1) is 24.1. The molecule has 8 atom stereocenters. The van der Waals surface area contributed by atoms with E-state index < -0.39 is 0 Å². The van der Waals surface area contributed by atoms with Crippen LogP contribution in [0.25, 0.3) is 0 Å². The maximum absolute atomic E-state index is 9.71. The predicted octanol–water partition coefficient (Wildman–Crippen LogP) is 8.64. The zero-order chi connectivity index (χ0) is 22.9. The van der Waals surface area contributed by atoms with Gasteiger partial charge in [0.1, 0.15) is 0 Å². The van der Waals surface area contributed by atoms with E-state index in [0.29, 0.717) is 39.1 Å². The molecule has 0 unspecified atom stereocenters. The zero-order valence-corrected chi connectivity index (χ0v) is 22.4. The highest BCUT2D eigenvalue weighted by molar-refractivity contribution is 5.18. The lowest BCUT2D eigenvalue weighted by Crippen LogP contribution is -2.66. The average molecular weight is 431 g/mol. The largest absolute Gasteiger partial charge is 0.396 e. The lowest BCUT2D eigenvalue weighted by molar-refractivity contribution is -0.251. The smallest absolute Gasteiger partial charge is 0.0431 e. The van der Waals surface area contributed by atoms with E-state index in [0.717, 1.165) is 24.2 Å². The molecule has 0 heterocycles. The molecule has 4 aliphatic carbocycles. The zero-order valence-electron chi connectivity index (χ0n) is 22.4. The van der Waals surface area contributed by atoms with Crippen LogP contribution >= 0.6 is 0 Å². The van der Waals surface area contributed by atoms with Crippen molar-refractivity contribution in [3.63, 3.8) is 0 Å². The van der Waals surface area contributed by atoms with E-state index in [1.54, 1.807) is 0 Å². The molecule has 0 aromatic carbocycles. The van der Waals surface area contributed by atoms with Gasteiger partial charge in [0.2, 0.25) is 0 Å². The highest BCUT2D eigenvalue weighted by Crippen LogP contribution is 2.77. The van der Waals surface area contributed by atoms with Crippen LogP contribution in [0.1, 0.15) is 132 Å². The Bertz CT molecular complexity index is 682. The lowest BCUT2D eigenvalue weighted by atomic mass is 9.31. The topological polar surface area (TPSA) is 20.2 Å². The summed E-state index contributed by atoms with van der Waals surface area (Å²) in [5, 5.41) is 9.71. The van der Waals surface area contributed by atoms with Gasteiger partial charge in [0.15, 0.2) is 0 Å². The summed E-state index contributed by atoms with van der Waals surface area (Å²) in [6.07, 6.45) is 16.4. The van der Waals surface area contributed by atoms with E-state index in [4.69, 9.17) is 0 Å². The second-order valence-electron chi connectivity index (χ2n) is 14.9. The van der Waals surface area contributed by atoms with Gasteiger partial charge >= 0.3 is 0 Å². The van der Waals surface area contributed by atoms with Crippen LogP contribution in [0.4, 0.5) is 0 Å². The van der Waals surface area contributed by atoms with Gasteiger partial charge in [-0.15, -0.1) is 0 Å². The van der Waals surface area contributed by atoms with Gasteiger partial charge in [-0.1, -0.05) is 61.8 Å². The SMILES string of the molecule is CC[C@@]1(C)CC[C@H]2[C@@](C)(CC[C@@]3(C)[C@@H]4CC(C)(C)CC[C@]4(C)CC[C@]23C)[C@@H]1CCCO. The summed E-state index contributed by atoms with van der Waals surface area (Å²) in [6.45, 7) is 21.4. The van der Waals surface area contributed by atoms with Gasteiger partial charge in [0.05, 0.1) is 0 Å². The molecule has 1 N–H and O–H groups in total. The standard InChI is InChI=1S/C30H54O/c1-9-26(4)13-12-23-28(6,22(26)11-10-20-31)17-19-30(8)24-21-25(2,3)14-15-27(24,5)16-18-29(23,30)7/h22-24,31H,9-21H2,1-8H3/t22-,23+,24-,26+,27-,28+,29-,30+/m1/s1. The highest BCUT2D eigenvalue weighted by Gasteiger charge is 2.69. The lowest BCUT2D eigenvalue weighted by Gasteiger charge is -2.74. The van der Waals surface area contributed by atoms with E-state index in [2.05, 4.69) is 55.4 Å². The molecular formula is C30H54O. The number of aliphatic hydroxyl groups is 1. The highest BCUT2D eigenvalue weighted by atomic mass is 16.2. The van der Waals surface area contributed by atoms with Crippen molar-refractivity contribution in [2.75, 3.05) is 6.61 Å². The summed E-state index contributed by atoms with van der Waals surface area (Å²) in [4.78, 5) is 0. The first-order valence-electron chi connectivity index (χ1n) is 13.9. The Labute approximate surface area is 194 Å². The Hall–Kier alpha value is -0.0400. The van der Waals surface area contributed by atoms with Gasteiger partial charge in [-0.25, -0.2) is 0 Å². The first-order chi connectivity index (χ1) is 14.3. The average Bonchev–Trinajstić information content (AvgIpc) is 2.71.